The number of amides is 1. The lowest BCUT2D eigenvalue weighted by atomic mass is 10.2. The summed E-state index contributed by atoms with van der Waals surface area (Å²) in [6.45, 7) is 8.03. The molecule has 4 rings (SSSR count). The molecule has 0 aliphatic carbocycles. The molecule has 160 valence electrons. The Morgan fingerprint density at radius 1 is 1.00 bits per heavy atom. The van der Waals surface area contributed by atoms with Gasteiger partial charge in [-0.3, -0.25) is 4.79 Å². The molecule has 1 N–H and O–H groups in total. The number of nitrogens with one attached hydrogen (secondary N) is 1. The fourth-order valence-corrected chi connectivity index (χ4v) is 4.08. The van der Waals surface area contributed by atoms with Gasteiger partial charge in [0.15, 0.2) is 5.16 Å². The average molecular weight is 429 g/mol. The van der Waals surface area contributed by atoms with E-state index in [0.29, 0.717) is 0 Å². The molecule has 1 aromatic heterocycles. The van der Waals surface area contributed by atoms with Crippen molar-refractivity contribution in [3.8, 4) is 0 Å². The van der Waals surface area contributed by atoms with E-state index in [1.807, 2.05) is 17.2 Å². The molecular weight excluding hydrogens is 400 g/mol. The van der Waals surface area contributed by atoms with E-state index >= 15 is 0 Å². The summed E-state index contributed by atoms with van der Waals surface area (Å²) in [4.78, 5) is 27.3. The number of aromatic nitrogens is 2. The van der Waals surface area contributed by atoms with E-state index < -0.39 is 0 Å². The first-order valence-corrected chi connectivity index (χ1v) is 11.5. The molecule has 0 bridgehead atoms. The van der Waals surface area contributed by atoms with Crippen LogP contribution in [0, 0.1) is 0 Å². The number of carbonyl (C=O) groups excluding carboxylic acids is 1. The summed E-state index contributed by atoms with van der Waals surface area (Å²) < 4.78 is 5.43. The SMILES string of the molecule is CSc1nc(Nc2ccc(N3CCOCC3)cc2)cc(N2CCN(C(C)=O)CC2)n1. The molecule has 8 nitrogen and oxygen atoms in total. The first-order chi connectivity index (χ1) is 14.6. The molecule has 0 atom stereocenters. The smallest absolute Gasteiger partial charge is 0.219 e. The minimum absolute atomic E-state index is 0.130. The minimum Gasteiger partial charge on any atom is -0.378 e. The summed E-state index contributed by atoms with van der Waals surface area (Å²) in [6.07, 6.45) is 1.98. The lowest BCUT2D eigenvalue weighted by Gasteiger charge is -2.35. The number of hydrogen-bond donors (Lipinski definition) is 1. The molecule has 0 saturated carbocycles. The van der Waals surface area contributed by atoms with E-state index in [2.05, 4.69) is 49.4 Å². The number of hydrogen-bond acceptors (Lipinski definition) is 8. The third-order valence-corrected chi connectivity index (χ3v) is 5.99. The van der Waals surface area contributed by atoms with Crippen LogP contribution in [0.3, 0.4) is 0 Å². The highest BCUT2D eigenvalue weighted by molar-refractivity contribution is 7.98. The third-order valence-electron chi connectivity index (χ3n) is 5.44. The Bertz CT molecular complexity index is 864. The summed E-state index contributed by atoms with van der Waals surface area (Å²) in [6, 6.07) is 10.4. The van der Waals surface area contributed by atoms with E-state index in [9.17, 15) is 4.79 Å². The van der Waals surface area contributed by atoms with Crippen LogP contribution in [-0.4, -0.2) is 79.5 Å². The van der Waals surface area contributed by atoms with Crippen molar-refractivity contribution in [2.75, 3.05) is 73.9 Å². The Hall–Kier alpha value is -2.52. The van der Waals surface area contributed by atoms with Gasteiger partial charge < -0.3 is 24.8 Å². The molecule has 30 heavy (non-hydrogen) atoms. The maximum atomic E-state index is 11.6. The van der Waals surface area contributed by atoms with Gasteiger partial charge in [0.05, 0.1) is 13.2 Å². The first kappa shape index (κ1) is 20.7. The van der Waals surface area contributed by atoms with Crippen molar-refractivity contribution < 1.29 is 9.53 Å². The molecule has 0 radical (unpaired) electrons. The number of thioether (sulfide) groups is 1. The Kier molecular flexibility index (Phi) is 6.59. The van der Waals surface area contributed by atoms with Crippen molar-refractivity contribution in [3.63, 3.8) is 0 Å². The quantitative estimate of drug-likeness (QED) is 0.575. The molecule has 2 aliphatic heterocycles. The van der Waals surface area contributed by atoms with Gasteiger partial charge in [-0.05, 0) is 30.5 Å². The molecular formula is C21H28N6O2S. The second kappa shape index (κ2) is 9.53. The van der Waals surface area contributed by atoms with Gasteiger partial charge in [0.1, 0.15) is 11.6 Å². The van der Waals surface area contributed by atoms with Gasteiger partial charge in [0.2, 0.25) is 5.91 Å². The van der Waals surface area contributed by atoms with Crippen LogP contribution in [-0.2, 0) is 9.53 Å². The number of morpholine rings is 1. The van der Waals surface area contributed by atoms with Gasteiger partial charge in [-0.1, -0.05) is 11.8 Å². The molecule has 0 unspecified atom stereocenters. The predicted octanol–water partition coefficient (Wildman–Crippen LogP) is 2.45. The monoisotopic (exact) mass is 428 g/mol. The van der Waals surface area contributed by atoms with Gasteiger partial charge in [0.25, 0.3) is 0 Å². The maximum Gasteiger partial charge on any atom is 0.219 e. The molecule has 2 fully saturated rings. The Labute approximate surface area is 181 Å². The molecule has 1 amide bonds. The number of nitrogens with zero attached hydrogens (tertiary/aromatic N) is 5. The second-order valence-corrected chi connectivity index (χ2v) is 8.14. The van der Waals surface area contributed by atoms with Gasteiger partial charge in [0, 0.05) is 63.6 Å². The zero-order valence-corrected chi connectivity index (χ0v) is 18.3. The minimum atomic E-state index is 0.130. The van der Waals surface area contributed by atoms with Crippen molar-refractivity contribution in [2.45, 2.75) is 12.1 Å². The Morgan fingerprint density at radius 3 is 2.33 bits per heavy atom. The molecule has 3 heterocycles. The number of benzene rings is 1. The van der Waals surface area contributed by atoms with Crippen LogP contribution >= 0.6 is 11.8 Å². The summed E-state index contributed by atoms with van der Waals surface area (Å²) >= 11 is 1.53. The Morgan fingerprint density at radius 2 is 1.70 bits per heavy atom. The topological polar surface area (TPSA) is 73.8 Å². The number of anilines is 4. The normalized spacial score (nSPS) is 17.2. The molecule has 2 aromatic rings. The van der Waals surface area contributed by atoms with Gasteiger partial charge in [-0.25, -0.2) is 9.97 Å². The molecule has 0 spiro atoms. The summed E-state index contributed by atoms with van der Waals surface area (Å²) in [5, 5.41) is 4.15. The predicted molar refractivity (Wildman–Crippen MR) is 121 cm³/mol. The van der Waals surface area contributed by atoms with Crippen molar-refractivity contribution in [1.29, 1.82) is 0 Å². The summed E-state index contributed by atoms with van der Waals surface area (Å²) in [5.74, 6) is 1.80. The standard InChI is InChI=1S/C21H28N6O2S/c1-16(28)25-7-9-27(10-8-25)20-15-19(23-21(24-20)30-2)22-17-3-5-18(6-4-17)26-11-13-29-14-12-26/h3-6,15H,7-14H2,1-2H3,(H,22,23,24). The highest BCUT2D eigenvalue weighted by Gasteiger charge is 2.20. The largest absolute Gasteiger partial charge is 0.378 e. The van der Waals surface area contributed by atoms with Crippen LogP contribution in [0.5, 0.6) is 0 Å². The van der Waals surface area contributed by atoms with Crippen LogP contribution in [0.25, 0.3) is 0 Å². The van der Waals surface area contributed by atoms with Crippen LogP contribution in [0.1, 0.15) is 6.92 Å². The van der Waals surface area contributed by atoms with Gasteiger partial charge >= 0.3 is 0 Å². The molecule has 2 aliphatic rings. The number of ether oxygens (including phenoxy) is 1. The zero-order valence-electron chi connectivity index (χ0n) is 17.5. The fraction of sp³-hybridized carbons (Fsp3) is 0.476. The second-order valence-electron chi connectivity index (χ2n) is 7.36. The fourth-order valence-electron chi connectivity index (χ4n) is 3.71. The number of piperazine rings is 1. The number of rotatable bonds is 5. The van der Waals surface area contributed by atoms with Crippen molar-refractivity contribution in [2.24, 2.45) is 0 Å². The number of carbonyl (C=O) groups is 1. The van der Waals surface area contributed by atoms with E-state index in [4.69, 9.17) is 4.74 Å². The van der Waals surface area contributed by atoms with Crippen LogP contribution < -0.4 is 15.1 Å². The first-order valence-electron chi connectivity index (χ1n) is 10.3. The Balaban J connectivity index is 1.46. The van der Waals surface area contributed by atoms with Crippen molar-refractivity contribution in [1.82, 2.24) is 14.9 Å². The summed E-state index contributed by atoms with van der Waals surface area (Å²) in [5.41, 5.74) is 2.20. The highest BCUT2D eigenvalue weighted by Crippen LogP contribution is 2.25. The lowest BCUT2D eigenvalue weighted by Crippen LogP contribution is -2.48. The molecule has 1 aromatic carbocycles. The van der Waals surface area contributed by atoms with Crippen molar-refractivity contribution in [3.05, 3.63) is 30.3 Å². The third kappa shape index (κ3) is 4.96. The zero-order chi connectivity index (χ0) is 20.9. The van der Waals surface area contributed by atoms with Crippen LogP contribution in [0.4, 0.5) is 23.0 Å². The summed E-state index contributed by atoms with van der Waals surface area (Å²) in [7, 11) is 0. The van der Waals surface area contributed by atoms with Crippen LogP contribution in [0.2, 0.25) is 0 Å². The van der Waals surface area contributed by atoms with E-state index in [0.717, 1.165) is 75.0 Å². The molecule has 2 saturated heterocycles. The van der Waals surface area contributed by atoms with E-state index in [1.54, 1.807) is 6.92 Å². The maximum absolute atomic E-state index is 11.6. The average Bonchev–Trinajstić information content (AvgIpc) is 2.80. The van der Waals surface area contributed by atoms with Gasteiger partial charge in [-0.2, -0.15) is 0 Å². The van der Waals surface area contributed by atoms with Crippen LogP contribution in [0.15, 0.2) is 35.5 Å². The lowest BCUT2D eigenvalue weighted by molar-refractivity contribution is -0.129. The molecule has 9 heteroatoms. The van der Waals surface area contributed by atoms with Crippen molar-refractivity contribution >= 4 is 40.7 Å². The van der Waals surface area contributed by atoms with Gasteiger partial charge in [-0.15, -0.1) is 0 Å². The highest BCUT2D eigenvalue weighted by atomic mass is 32.2. The van der Waals surface area contributed by atoms with E-state index in [-0.39, 0.29) is 5.91 Å². The van der Waals surface area contributed by atoms with E-state index in [1.165, 1.54) is 17.4 Å².